The lowest BCUT2D eigenvalue weighted by atomic mass is 10.1. The average Bonchev–Trinajstić information content (AvgIpc) is 2.16. The molecule has 0 heterocycles. The van der Waals surface area contributed by atoms with E-state index >= 15 is 0 Å². The number of hydrogen-bond donors (Lipinski definition) is 2. The molecule has 2 N–H and O–H groups in total. The van der Waals surface area contributed by atoms with Crippen LogP contribution in [-0.2, 0) is 4.57 Å². The van der Waals surface area contributed by atoms with Crippen LogP contribution in [0, 0.1) is 13.0 Å². The Kier molecular flexibility index (Phi) is 2.39. The van der Waals surface area contributed by atoms with E-state index in [4.69, 9.17) is 9.79 Å². The van der Waals surface area contributed by atoms with Gasteiger partial charge in [-0.25, -0.2) is 0 Å². The summed E-state index contributed by atoms with van der Waals surface area (Å²) in [6.45, 7) is 1.89. The average molecular weight is 221 g/mol. The second-order valence-electron chi connectivity index (χ2n) is 3.43. The lowest BCUT2D eigenvalue weighted by Gasteiger charge is -2.06. The van der Waals surface area contributed by atoms with Crippen molar-refractivity contribution in [2.24, 2.45) is 0 Å². The molecule has 0 saturated heterocycles. The smallest absolute Gasteiger partial charge is 0.321 e. The molecule has 1 radical (unpaired) electrons. The van der Waals surface area contributed by atoms with E-state index in [1.807, 2.05) is 25.1 Å². The molecule has 15 heavy (non-hydrogen) atoms. The molecule has 3 nitrogen and oxygen atoms in total. The summed E-state index contributed by atoms with van der Waals surface area (Å²) in [6.07, 6.45) is 0. The van der Waals surface area contributed by atoms with Crippen molar-refractivity contribution < 1.29 is 14.4 Å². The van der Waals surface area contributed by atoms with Crippen LogP contribution in [-0.4, -0.2) is 9.79 Å². The highest BCUT2D eigenvalue weighted by molar-refractivity contribution is 7.60. The molecular formula is C11H10O3P. The summed E-state index contributed by atoms with van der Waals surface area (Å²) in [6, 6.07) is 11.6. The van der Waals surface area contributed by atoms with Crippen LogP contribution < -0.4 is 5.30 Å². The quantitative estimate of drug-likeness (QED) is 0.721. The van der Waals surface area contributed by atoms with Gasteiger partial charge in [0, 0.05) is 6.07 Å². The van der Waals surface area contributed by atoms with Crippen molar-refractivity contribution >= 4 is 23.7 Å². The molecule has 2 aromatic carbocycles. The molecule has 0 unspecified atom stereocenters. The van der Waals surface area contributed by atoms with Crippen LogP contribution in [0.1, 0.15) is 5.56 Å². The zero-order valence-corrected chi connectivity index (χ0v) is 9.03. The lowest BCUT2D eigenvalue weighted by Crippen LogP contribution is -2.03. The van der Waals surface area contributed by atoms with Gasteiger partial charge in [-0.05, 0) is 29.3 Å². The van der Waals surface area contributed by atoms with E-state index in [-0.39, 0.29) is 5.30 Å². The predicted octanol–water partition coefficient (Wildman–Crippen LogP) is 1.75. The van der Waals surface area contributed by atoms with Gasteiger partial charge in [-0.2, -0.15) is 0 Å². The van der Waals surface area contributed by atoms with Gasteiger partial charge < -0.3 is 9.79 Å². The Balaban J connectivity index is 2.76. The monoisotopic (exact) mass is 221 g/mol. The summed E-state index contributed by atoms with van der Waals surface area (Å²) in [5.41, 5.74) is 0.961. The molecule has 0 bridgehead atoms. The minimum atomic E-state index is -4.20. The van der Waals surface area contributed by atoms with Gasteiger partial charge in [0.25, 0.3) is 0 Å². The van der Waals surface area contributed by atoms with Crippen molar-refractivity contribution in [3.05, 3.63) is 42.0 Å². The molecule has 2 aromatic rings. The standard InChI is InChI=1S/C11H10O3P/c1-8-3-2-4-9-5-6-10(7-11(8)9)15(12,13)14/h2-6H,1H3,(H2,12,13,14). The highest BCUT2D eigenvalue weighted by Gasteiger charge is 2.17. The zero-order valence-electron chi connectivity index (χ0n) is 8.14. The third-order valence-corrected chi connectivity index (χ3v) is 3.18. The van der Waals surface area contributed by atoms with Crippen molar-refractivity contribution in [1.29, 1.82) is 0 Å². The normalized spacial score (nSPS) is 11.9. The van der Waals surface area contributed by atoms with Crippen molar-refractivity contribution in [2.75, 3.05) is 0 Å². The number of fused-ring (bicyclic) bond motifs is 1. The number of benzene rings is 2. The van der Waals surface area contributed by atoms with Crippen LogP contribution in [0.4, 0.5) is 0 Å². The van der Waals surface area contributed by atoms with Gasteiger partial charge in [-0.15, -0.1) is 0 Å². The first-order valence-corrected chi connectivity index (χ1v) is 6.07. The number of hydrogen-bond acceptors (Lipinski definition) is 1. The summed E-state index contributed by atoms with van der Waals surface area (Å²) < 4.78 is 11.1. The van der Waals surface area contributed by atoms with E-state index in [2.05, 4.69) is 6.07 Å². The van der Waals surface area contributed by atoms with Crippen LogP contribution in [0.3, 0.4) is 0 Å². The molecule has 0 aliphatic heterocycles. The van der Waals surface area contributed by atoms with Gasteiger partial charge in [0.2, 0.25) is 0 Å². The molecule has 0 amide bonds. The Labute approximate surface area is 87.5 Å². The number of aryl methyl sites for hydroxylation is 1. The van der Waals surface area contributed by atoms with Crippen molar-refractivity contribution in [3.63, 3.8) is 0 Å². The topological polar surface area (TPSA) is 57.5 Å². The molecule has 0 aliphatic carbocycles. The molecule has 77 valence electrons. The highest BCUT2D eigenvalue weighted by Crippen LogP contribution is 2.34. The zero-order chi connectivity index (χ0) is 11.1. The Bertz CT molecular complexity index is 557. The second kappa shape index (κ2) is 3.46. The van der Waals surface area contributed by atoms with E-state index in [1.54, 1.807) is 6.07 Å². The first-order chi connectivity index (χ1) is 6.98. The van der Waals surface area contributed by atoms with Crippen LogP contribution in [0.25, 0.3) is 10.8 Å². The third kappa shape index (κ3) is 1.95. The summed E-state index contributed by atoms with van der Waals surface area (Å²) in [5, 5.41) is 1.65. The highest BCUT2D eigenvalue weighted by atomic mass is 31.2. The van der Waals surface area contributed by atoms with Gasteiger partial charge in [0.05, 0.1) is 5.30 Å². The Morgan fingerprint density at radius 3 is 2.60 bits per heavy atom. The molecule has 0 spiro atoms. The van der Waals surface area contributed by atoms with Gasteiger partial charge in [0.1, 0.15) is 0 Å². The molecule has 0 aliphatic rings. The van der Waals surface area contributed by atoms with Crippen LogP contribution in [0.5, 0.6) is 0 Å². The van der Waals surface area contributed by atoms with Crippen molar-refractivity contribution in [1.82, 2.24) is 0 Å². The van der Waals surface area contributed by atoms with Crippen molar-refractivity contribution in [3.8, 4) is 0 Å². The summed E-state index contributed by atoms with van der Waals surface area (Å²) in [7, 11) is -4.20. The molecule has 0 fully saturated rings. The minimum absolute atomic E-state index is 0.0516. The Hall–Kier alpha value is -1.15. The lowest BCUT2D eigenvalue weighted by molar-refractivity contribution is 0.387. The molecular weight excluding hydrogens is 211 g/mol. The Morgan fingerprint density at radius 1 is 1.20 bits per heavy atom. The molecule has 4 heteroatoms. The van der Waals surface area contributed by atoms with Crippen LogP contribution in [0.15, 0.2) is 30.3 Å². The van der Waals surface area contributed by atoms with Crippen LogP contribution in [0.2, 0.25) is 0 Å². The fourth-order valence-corrected chi connectivity index (χ4v) is 2.03. The fourth-order valence-electron chi connectivity index (χ4n) is 1.51. The van der Waals surface area contributed by atoms with Gasteiger partial charge in [-0.3, -0.25) is 4.57 Å². The molecule has 2 rings (SSSR count). The first-order valence-electron chi connectivity index (χ1n) is 4.46. The molecule has 0 atom stereocenters. The SMILES string of the molecule is Cc1cccc2ccc(P(=O)(O)O)[c]c12. The maximum atomic E-state index is 11.1. The summed E-state index contributed by atoms with van der Waals surface area (Å²) in [4.78, 5) is 18.0. The number of rotatable bonds is 1. The maximum absolute atomic E-state index is 11.1. The Morgan fingerprint density at radius 2 is 1.93 bits per heavy atom. The summed E-state index contributed by atoms with van der Waals surface area (Å²) in [5.74, 6) is 0. The van der Waals surface area contributed by atoms with E-state index in [1.165, 1.54) is 6.07 Å². The molecule has 0 aromatic heterocycles. The van der Waals surface area contributed by atoms with Gasteiger partial charge >= 0.3 is 7.60 Å². The van der Waals surface area contributed by atoms with E-state index in [0.717, 1.165) is 16.3 Å². The van der Waals surface area contributed by atoms with Gasteiger partial charge in [-0.1, -0.05) is 24.3 Å². The van der Waals surface area contributed by atoms with Crippen molar-refractivity contribution in [2.45, 2.75) is 6.92 Å². The van der Waals surface area contributed by atoms with Crippen LogP contribution >= 0.6 is 7.60 Å². The maximum Gasteiger partial charge on any atom is 0.356 e. The second-order valence-corrected chi connectivity index (χ2v) is 5.00. The van der Waals surface area contributed by atoms with E-state index < -0.39 is 7.60 Å². The largest absolute Gasteiger partial charge is 0.356 e. The third-order valence-electron chi connectivity index (χ3n) is 2.29. The van der Waals surface area contributed by atoms with E-state index in [0.29, 0.717) is 0 Å². The fraction of sp³-hybridized carbons (Fsp3) is 0.0909. The first kappa shape index (κ1) is 10.4. The van der Waals surface area contributed by atoms with E-state index in [9.17, 15) is 4.57 Å². The molecule has 0 saturated carbocycles. The summed E-state index contributed by atoms with van der Waals surface area (Å²) >= 11 is 0. The predicted molar refractivity (Wildman–Crippen MR) is 59.2 cm³/mol. The minimum Gasteiger partial charge on any atom is -0.321 e. The van der Waals surface area contributed by atoms with Gasteiger partial charge in [0.15, 0.2) is 0 Å².